The highest BCUT2D eigenvalue weighted by Crippen LogP contribution is 2.55. The first-order valence-electron chi connectivity index (χ1n) is 9.52. The molecule has 5 nitrogen and oxygen atoms in total. The van der Waals surface area contributed by atoms with Crippen molar-refractivity contribution in [2.45, 2.75) is 106 Å². The SMILES string of the molecule is OCC[C@H]1CC[C@@H]2O[C@@H]3CC2(C[C@H]2OC4(CCCCC4)OC32)O1. The number of rotatable bonds is 2. The molecule has 0 radical (unpaired) electrons. The molecule has 130 valence electrons. The van der Waals surface area contributed by atoms with Gasteiger partial charge in [0, 0.05) is 32.3 Å². The fourth-order valence-electron chi connectivity index (χ4n) is 5.68. The lowest BCUT2D eigenvalue weighted by molar-refractivity contribution is -0.216. The molecule has 1 N–H and O–H groups in total. The Morgan fingerprint density at radius 1 is 0.913 bits per heavy atom. The summed E-state index contributed by atoms with van der Waals surface area (Å²) in [5, 5.41) is 9.24. The van der Waals surface area contributed by atoms with Gasteiger partial charge in [0.2, 0.25) is 0 Å². The van der Waals surface area contributed by atoms with Crippen LogP contribution in [0.1, 0.15) is 64.2 Å². The molecule has 0 aromatic heterocycles. The largest absolute Gasteiger partial charge is 0.396 e. The summed E-state index contributed by atoms with van der Waals surface area (Å²) in [4.78, 5) is 0. The first kappa shape index (κ1) is 15.1. The molecule has 5 aliphatic rings. The van der Waals surface area contributed by atoms with Crippen molar-refractivity contribution in [3.05, 3.63) is 0 Å². The average molecular weight is 324 g/mol. The van der Waals surface area contributed by atoms with E-state index >= 15 is 0 Å². The molecule has 0 aromatic carbocycles. The van der Waals surface area contributed by atoms with Crippen molar-refractivity contribution in [2.24, 2.45) is 0 Å². The lowest BCUT2D eigenvalue weighted by atomic mass is 9.76. The van der Waals surface area contributed by atoms with E-state index in [1.165, 1.54) is 19.3 Å². The lowest BCUT2D eigenvalue weighted by Crippen LogP contribution is -2.53. The Bertz CT molecular complexity index is 462. The molecule has 2 bridgehead atoms. The van der Waals surface area contributed by atoms with Crippen molar-refractivity contribution >= 4 is 0 Å². The van der Waals surface area contributed by atoms with Crippen molar-refractivity contribution in [3.63, 3.8) is 0 Å². The standard InChI is InChI=1S/C18H28O5/c19-9-6-12-4-5-15-17(21-12)10-13(20-15)16-14(11-17)22-18(23-16)7-2-1-3-8-18/h12-16,19H,1-11H2/t12-,13-,14-,15+,16?,17?/m1/s1. The fourth-order valence-corrected chi connectivity index (χ4v) is 5.68. The summed E-state index contributed by atoms with van der Waals surface area (Å²) in [5.74, 6) is -0.341. The van der Waals surface area contributed by atoms with Crippen LogP contribution in [-0.2, 0) is 18.9 Å². The van der Waals surface area contributed by atoms with Crippen LogP contribution in [0.3, 0.4) is 0 Å². The second kappa shape index (κ2) is 5.40. The zero-order valence-electron chi connectivity index (χ0n) is 13.7. The first-order valence-corrected chi connectivity index (χ1v) is 9.52. The minimum atomic E-state index is -0.341. The quantitative estimate of drug-likeness (QED) is 0.844. The van der Waals surface area contributed by atoms with E-state index in [4.69, 9.17) is 18.9 Å². The average Bonchev–Trinajstić information content (AvgIpc) is 3.04. The number of ether oxygens (including phenoxy) is 4. The third-order valence-corrected chi connectivity index (χ3v) is 6.69. The first-order chi connectivity index (χ1) is 11.2. The van der Waals surface area contributed by atoms with Gasteiger partial charge < -0.3 is 24.1 Å². The van der Waals surface area contributed by atoms with Gasteiger partial charge in [0.15, 0.2) is 5.79 Å². The molecule has 5 heteroatoms. The summed E-state index contributed by atoms with van der Waals surface area (Å²) in [7, 11) is 0. The minimum absolute atomic E-state index is 0.0872. The van der Waals surface area contributed by atoms with Crippen molar-refractivity contribution < 1.29 is 24.1 Å². The molecule has 2 spiro atoms. The smallest absolute Gasteiger partial charge is 0.169 e. The molecule has 3 saturated heterocycles. The Labute approximate surface area is 137 Å². The van der Waals surface area contributed by atoms with E-state index in [1.807, 2.05) is 0 Å². The predicted octanol–water partition coefficient (Wildman–Crippen LogP) is 2.29. The van der Waals surface area contributed by atoms with Crippen molar-refractivity contribution in [2.75, 3.05) is 6.61 Å². The van der Waals surface area contributed by atoms with Crippen molar-refractivity contribution in [1.29, 1.82) is 0 Å². The molecule has 2 aliphatic carbocycles. The number of aliphatic hydroxyl groups is 1. The highest BCUT2D eigenvalue weighted by molar-refractivity contribution is 5.12. The van der Waals surface area contributed by atoms with E-state index in [2.05, 4.69) is 0 Å². The van der Waals surface area contributed by atoms with Gasteiger partial charge in [-0.2, -0.15) is 0 Å². The van der Waals surface area contributed by atoms with Gasteiger partial charge in [0.1, 0.15) is 6.10 Å². The Hall–Kier alpha value is -0.200. The highest BCUT2D eigenvalue weighted by Gasteiger charge is 2.65. The molecule has 0 aromatic rings. The monoisotopic (exact) mass is 324 g/mol. The lowest BCUT2D eigenvalue weighted by Gasteiger charge is -2.44. The van der Waals surface area contributed by atoms with Gasteiger partial charge in [-0.05, 0) is 32.1 Å². The van der Waals surface area contributed by atoms with Gasteiger partial charge in [0.25, 0.3) is 0 Å². The number of fused-ring (bicyclic) bond motifs is 3. The molecular formula is C18H28O5. The van der Waals surface area contributed by atoms with Crippen LogP contribution in [0.15, 0.2) is 0 Å². The normalized spacial score (nSPS) is 50.7. The zero-order chi connectivity index (χ0) is 15.5. The van der Waals surface area contributed by atoms with Crippen molar-refractivity contribution in [1.82, 2.24) is 0 Å². The maximum atomic E-state index is 9.24. The highest BCUT2D eigenvalue weighted by atomic mass is 16.8. The van der Waals surface area contributed by atoms with Gasteiger partial charge in [-0.15, -0.1) is 0 Å². The van der Waals surface area contributed by atoms with Crippen LogP contribution < -0.4 is 0 Å². The molecule has 5 rings (SSSR count). The summed E-state index contributed by atoms with van der Waals surface area (Å²) in [6.07, 6.45) is 11.0. The van der Waals surface area contributed by atoms with E-state index in [9.17, 15) is 5.11 Å². The molecule has 0 amide bonds. The molecule has 6 atom stereocenters. The number of hydrogen-bond donors (Lipinski definition) is 1. The summed E-state index contributed by atoms with van der Waals surface area (Å²) in [6.45, 7) is 0.199. The molecule has 23 heavy (non-hydrogen) atoms. The molecule has 3 heterocycles. The van der Waals surface area contributed by atoms with Crippen LogP contribution in [0.2, 0.25) is 0 Å². The topological polar surface area (TPSA) is 57.2 Å². The Kier molecular flexibility index (Phi) is 3.54. The summed E-state index contributed by atoms with van der Waals surface area (Å²) >= 11 is 0. The second-order valence-electron chi connectivity index (χ2n) is 8.18. The van der Waals surface area contributed by atoms with Crippen molar-refractivity contribution in [3.8, 4) is 0 Å². The van der Waals surface area contributed by atoms with Crippen LogP contribution in [-0.4, -0.2) is 53.6 Å². The van der Waals surface area contributed by atoms with Crippen LogP contribution in [0, 0.1) is 0 Å². The van der Waals surface area contributed by atoms with Crippen LogP contribution in [0.5, 0.6) is 0 Å². The van der Waals surface area contributed by atoms with Gasteiger partial charge >= 0.3 is 0 Å². The van der Waals surface area contributed by atoms with E-state index in [-0.39, 0.29) is 48.5 Å². The van der Waals surface area contributed by atoms with Gasteiger partial charge in [-0.25, -0.2) is 0 Å². The Morgan fingerprint density at radius 3 is 2.57 bits per heavy atom. The molecule has 5 fully saturated rings. The van der Waals surface area contributed by atoms with E-state index < -0.39 is 0 Å². The third-order valence-electron chi connectivity index (χ3n) is 6.69. The van der Waals surface area contributed by atoms with Crippen LogP contribution >= 0.6 is 0 Å². The Balaban J connectivity index is 1.36. The van der Waals surface area contributed by atoms with Crippen LogP contribution in [0.25, 0.3) is 0 Å². The number of aliphatic hydroxyl groups excluding tert-OH is 1. The minimum Gasteiger partial charge on any atom is -0.396 e. The number of hydrogen-bond acceptors (Lipinski definition) is 5. The molecule has 2 unspecified atom stereocenters. The zero-order valence-corrected chi connectivity index (χ0v) is 13.7. The van der Waals surface area contributed by atoms with Gasteiger partial charge in [-0.3, -0.25) is 0 Å². The van der Waals surface area contributed by atoms with Gasteiger partial charge in [-0.1, -0.05) is 6.42 Å². The fraction of sp³-hybridized carbons (Fsp3) is 1.00. The summed E-state index contributed by atoms with van der Waals surface area (Å²) in [5.41, 5.74) is -0.201. The molecule has 3 aliphatic heterocycles. The van der Waals surface area contributed by atoms with E-state index in [0.717, 1.165) is 44.9 Å². The van der Waals surface area contributed by atoms with Gasteiger partial charge in [0.05, 0.1) is 30.0 Å². The maximum absolute atomic E-state index is 9.24. The predicted molar refractivity (Wildman–Crippen MR) is 82.0 cm³/mol. The molecular weight excluding hydrogens is 296 g/mol. The maximum Gasteiger partial charge on any atom is 0.169 e. The second-order valence-corrected chi connectivity index (χ2v) is 8.18. The summed E-state index contributed by atoms with van der Waals surface area (Å²) in [6, 6.07) is 0. The van der Waals surface area contributed by atoms with E-state index in [1.54, 1.807) is 0 Å². The van der Waals surface area contributed by atoms with Crippen LogP contribution in [0.4, 0.5) is 0 Å². The third kappa shape index (κ3) is 2.31. The van der Waals surface area contributed by atoms with E-state index in [0.29, 0.717) is 0 Å². The Morgan fingerprint density at radius 2 is 1.74 bits per heavy atom. The summed E-state index contributed by atoms with van der Waals surface area (Å²) < 4.78 is 25.8. The molecule has 2 saturated carbocycles.